The summed E-state index contributed by atoms with van der Waals surface area (Å²) in [4.78, 5) is 24.5. The van der Waals surface area contributed by atoms with E-state index in [1.165, 1.54) is 16.9 Å². The molecule has 0 atom stereocenters. The molecule has 3 rings (SSSR count). The highest BCUT2D eigenvalue weighted by Crippen LogP contribution is 2.21. The maximum absolute atomic E-state index is 12.0. The molecule has 1 amide bonds. The SMILES string of the molecule is CCc1ccc(NC(=O)Cn2nc(-c3cccs3)oc2=O)cc1. The van der Waals surface area contributed by atoms with E-state index in [0.717, 1.165) is 16.0 Å². The van der Waals surface area contributed by atoms with Crippen LogP contribution in [0.2, 0.25) is 0 Å². The van der Waals surface area contributed by atoms with Crippen LogP contribution in [0.4, 0.5) is 5.69 Å². The van der Waals surface area contributed by atoms with Gasteiger partial charge in [-0.1, -0.05) is 25.1 Å². The number of carbonyl (C=O) groups excluding carboxylic acids is 1. The topological polar surface area (TPSA) is 77.1 Å². The van der Waals surface area contributed by atoms with E-state index in [9.17, 15) is 9.59 Å². The minimum absolute atomic E-state index is 0.191. The second-order valence-corrected chi connectivity index (χ2v) is 5.85. The Balaban J connectivity index is 1.69. The van der Waals surface area contributed by atoms with Crippen LogP contribution in [0.3, 0.4) is 0 Å². The third kappa shape index (κ3) is 3.57. The summed E-state index contributed by atoms with van der Waals surface area (Å²) < 4.78 is 6.09. The molecule has 0 bridgehead atoms. The van der Waals surface area contributed by atoms with E-state index < -0.39 is 5.76 Å². The van der Waals surface area contributed by atoms with Crippen LogP contribution < -0.4 is 11.1 Å². The molecule has 0 saturated heterocycles. The van der Waals surface area contributed by atoms with Crippen LogP contribution in [-0.4, -0.2) is 15.7 Å². The molecule has 1 N–H and O–H groups in total. The second kappa shape index (κ2) is 6.62. The Labute approximate surface area is 136 Å². The molecule has 0 aliphatic rings. The van der Waals surface area contributed by atoms with Gasteiger partial charge in [-0.3, -0.25) is 4.79 Å². The van der Waals surface area contributed by atoms with Crippen LogP contribution in [-0.2, 0) is 17.8 Å². The van der Waals surface area contributed by atoms with Gasteiger partial charge in [-0.05, 0) is 35.6 Å². The molecule has 0 fully saturated rings. The van der Waals surface area contributed by atoms with E-state index in [-0.39, 0.29) is 18.3 Å². The van der Waals surface area contributed by atoms with Crippen molar-refractivity contribution in [2.75, 3.05) is 5.32 Å². The summed E-state index contributed by atoms with van der Waals surface area (Å²) in [5.74, 6) is -0.752. The lowest BCUT2D eigenvalue weighted by atomic mass is 10.1. The number of anilines is 1. The highest BCUT2D eigenvalue weighted by Gasteiger charge is 2.13. The van der Waals surface area contributed by atoms with Crippen LogP contribution in [0.15, 0.2) is 51.0 Å². The molecule has 2 heterocycles. The van der Waals surface area contributed by atoms with Crippen molar-refractivity contribution in [2.24, 2.45) is 0 Å². The number of carbonyl (C=O) groups is 1. The maximum Gasteiger partial charge on any atom is 0.437 e. The first kappa shape index (κ1) is 15.2. The Morgan fingerprint density at radius 1 is 1.30 bits per heavy atom. The van der Waals surface area contributed by atoms with Gasteiger partial charge in [-0.25, -0.2) is 4.79 Å². The fourth-order valence-corrected chi connectivity index (χ4v) is 2.71. The lowest BCUT2D eigenvalue weighted by Gasteiger charge is -2.05. The van der Waals surface area contributed by atoms with E-state index in [2.05, 4.69) is 17.3 Å². The van der Waals surface area contributed by atoms with Gasteiger partial charge in [0.1, 0.15) is 6.54 Å². The van der Waals surface area contributed by atoms with Gasteiger partial charge in [-0.15, -0.1) is 16.4 Å². The van der Waals surface area contributed by atoms with E-state index in [0.29, 0.717) is 5.69 Å². The molecule has 0 saturated carbocycles. The highest BCUT2D eigenvalue weighted by molar-refractivity contribution is 7.13. The number of nitrogens with one attached hydrogen (secondary N) is 1. The molecule has 6 nitrogen and oxygen atoms in total. The third-order valence-corrected chi connectivity index (χ3v) is 4.14. The molecule has 118 valence electrons. The van der Waals surface area contributed by atoms with E-state index in [1.54, 1.807) is 6.07 Å². The van der Waals surface area contributed by atoms with E-state index in [4.69, 9.17) is 4.42 Å². The quantitative estimate of drug-likeness (QED) is 0.781. The number of nitrogens with zero attached hydrogens (tertiary/aromatic N) is 2. The average molecular weight is 329 g/mol. The Morgan fingerprint density at radius 3 is 2.74 bits per heavy atom. The maximum atomic E-state index is 12.0. The molecular weight excluding hydrogens is 314 g/mol. The van der Waals surface area contributed by atoms with Crippen molar-refractivity contribution in [3.8, 4) is 10.8 Å². The monoisotopic (exact) mass is 329 g/mol. The predicted octanol–water partition coefficient (Wildman–Crippen LogP) is 2.77. The lowest BCUT2D eigenvalue weighted by molar-refractivity contribution is -0.117. The third-order valence-electron chi connectivity index (χ3n) is 3.28. The number of rotatable bonds is 5. The van der Waals surface area contributed by atoms with Crippen molar-refractivity contribution in [1.82, 2.24) is 9.78 Å². The van der Waals surface area contributed by atoms with Gasteiger partial charge in [0.05, 0.1) is 4.88 Å². The van der Waals surface area contributed by atoms with Gasteiger partial charge in [0, 0.05) is 5.69 Å². The van der Waals surface area contributed by atoms with Gasteiger partial charge in [0.25, 0.3) is 5.89 Å². The number of amides is 1. The molecule has 0 spiro atoms. The van der Waals surface area contributed by atoms with Crippen molar-refractivity contribution in [3.05, 3.63) is 57.9 Å². The first-order valence-electron chi connectivity index (χ1n) is 7.16. The summed E-state index contributed by atoms with van der Waals surface area (Å²) in [7, 11) is 0. The summed E-state index contributed by atoms with van der Waals surface area (Å²) in [6, 6.07) is 11.2. The zero-order valence-corrected chi connectivity index (χ0v) is 13.3. The number of hydrogen-bond donors (Lipinski definition) is 1. The molecule has 3 aromatic rings. The summed E-state index contributed by atoms with van der Waals surface area (Å²) >= 11 is 1.41. The fraction of sp³-hybridized carbons (Fsp3) is 0.188. The first-order chi connectivity index (χ1) is 11.2. The average Bonchev–Trinajstić information content (AvgIpc) is 3.18. The normalized spacial score (nSPS) is 10.7. The van der Waals surface area contributed by atoms with Gasteiger partial charge in [0.15, 0.2) is 0 Å². The molecule has 7 heteroatoms. The minimum Gasteiger partial charge on any atom is -0.387 e. The number of hydrogen-bond acceptors (Lipinski definition) is 5. The summed E-state index contributed by atoms with van der Waals surface area (Å²) in [5, 5.41) is 8.65. The van der Waals surface area contributed by atoms with Crippen molar-refractivity contribution in [3.63, 3.8) is 0 Å². The molecule has 1 aromatic carbocycles. The lowest BCUT2D eigenvalue weighted by Crippen LogP contribution is -2.25. The van der Waals surface area contributed by atoms with Crippen LogP contribution in [0, 0.1) is 0 Å². The Kier molecular flexibility index (Phi) is 4.38. The minimum atomic E-state index is -0.648. The number of aromatic nitrogens is 2. The number of aryl methyl sites for hydroxylation is 1. The number of benzene rings is 1. The van der Waals surface area contributed by atoms with Crippen molar-refractivity contribution < 1.29 is 9.21 Å². The zero-order chi connectivity index (χ0) is 16.2. The van der Waals surface area contributed by atoms with Gasteiger partial charge in [0.2, 0.25) is 5.91 Å². The summed E-state index contributed by atoms with van der Waals surface area (Å²) in [5.41, 5.74) is 1.87. The van der Waals surface area contributed by atoms with Gasteiger partial charge < -0.3 is 9.73 Å². The predicted molar refractivity (Wildman–Crippen MR) is 88.5 cm³/mol. The molecule has 0 radical (unpaired) electrons. The smallest absolute Gasteiger partial charge is 0.387 e. The highest BCUT2D eigenvalue weighted by atomic mass is 32.1. The molecule has 2 aromatic heterocycles. The van der Waals surface area contributed by atoms with Crippen molar-refractivity contribution in [1.29, 1.82) is 0 Å². The standard InChI is InChI=1S/C16H15N3O3S/c1-2-11-5-7-12(8-6-11)17-14(20)10-19-16(21)22-15(18-19)13-4-3-9-23-13/h3-9H,2,10H2,1H3,(H,17,20). The molecule has 0 aliphatic carbocycles. The van der Waals surface area contributed by atoms with Crippen LogP contribution >= 0.6 is 11.3 Å². The number of thiophene rings is 1. The summed E-state index contributed by atoms with van der Waals surface area (Å²) in [6.45, 7) is 1.87. The summed E-state index contributed by atoms with van der Waals surface area (Å²) in [6.07, 6.45) is 0.939. The van der Waals surface area contributed by atoms with Crippen LogP contribution in [0.5, 0.6) is 0 Å². The molecule has 0 aliphatic heterocycles. The first-order valence-corrected chi connectivity index (χ1v) is 8.04. The van der Waals surface area contributed by atoms with E-state index in [1.807, 2.05) is 35.7 Å². The Bertz CT molecular complexity index is 848. The van der Waals surface area contributed by atoms with Gasteiger partial charge in [-0.2, -0.15) is 4.68 Å². The van der Waals surface area contributed by atoms with Crippen molar-refractivity contribution in [2.45, 2.75) is 19.9 Å². The molecule has 0 unspecified atom stereocenters. The fourth-order valence-electron chi connectivity index (χ4n) is 2.07. The second-order valence-electron chi connectivity index (χ2n) is 4.91. The Hall–Kier alpha value is -2.67. The Morgan fingerprint density at radius 2 is 2.09 bits per heavy atom. The van der Waals surface area contributed by atoms with Crippen molar-refractivity contribution >= 4 is 22.9 Å². The van der Waals surface area contributed by atoms with Crippen LogP contribution in [0.25, 0.3) is 10.8 Å². The van der Waals surface area contributed by atoms with Crippen LogP contribution in [0.1, 0.15) is 12.5 Å². The largest absolute Gasteiger partial charge is 0.437 e. The van der Waals surface area contributed by atoms with Gasteiger partial charge >= 0.3 is 5.76 Å². The molecule has 23 heavy (non-hydrogen) atoms. The van der Waals surface area contributed by atoms with E-state index >= 15 is 0 Å². The zero-order valence-electron chi connectivity index (χ0n) is 12.5. The molecular formula is C16H15N3O3S.